The number of ether oxygens (including phenoxy) is 4. The SMILES string of the molecule is COc1ccc(N2C(=O)NC(=O)/C(=C\c3ccccc3OCc3ccc(OCc4ccccc4)c(OC)c3)C2=O)cc1. The smallest absolute Gasteiger partial charge is 0.335 e. The number of carbonyl (C=O) groups excluding carboxylic acids is 3. The van der Waals surface area contributed by atoms with Crippen LogP contribution in [-0.2, 0) is 22.8 Å². The van der Waals surface area contributed by atoms with E-state index in [1.54, 1.807) is 55.6 Å². The van der Waals surface area contributed by atoms with E-state index >= 15 is 0 Å². The number of benzene rings is 4. The van der Waals surface area contributed by atoms with Crippen LogP contribution in [0.25, 0.3) is 6.08 Å². The molecule has 0 aliphatic carbocycles. The molecule has 9 nitrogen and oxygen atoms in total. The molecule has 5 rings (SSSR count). The standard InChI is InChI=1S/C33H28N2O7/c1-39-26-15-13-25(14-16-26)35-32(37)27(31(36)34-33(35)38)19-24-10-6-7-11-28(24)41-21-23-12-17-29(30(18-23)40-2)42-20-22-8-4-3-5-9-22/h3-19H,20-21H2,1-2H3,(H,34,36,38)/b27-19+. The van der Waals surface area contributed by atoms with Gasteiger partial charge in [-0.3, -0.25) is 14.9 Å². The maximum absolute atomic E-state index is 13.3. The van der Waals surface area contributed by atoms with Gasteiger partial charge in [-0.25, -0.2) is 9.69 Å². The second kappa shape index (κ2) is 12.7. The second-order valence-corrected chi connectivity index (χ2v) is 9.24. The van der Waals surface area contributed by atoms with Crippen molar-refractivity contribution in [3.8, 4) is 23.0 Å². The van der Waals surface area contributed by atoms with Crippen LogP contribution in [-0.4, -0.2) is 32.1 Å². The van der Waals surface area contributed by atoms with Gasteiger partial charge in [-0.15, -0.1) is 0 Å². The Morgan fingerprint density at radius 1 is 0.690 bits per heavy atom. The average Bonchev–Trinajstić information content (AvgIpc) is 3.02. The number of imide groups is 2. The van der Waals surface area contributed by atoms with Gasteiger partial charge in [-0.05, 0) is 59.7 Å². The van der Waals surface area contributed by atoms with E-state index in [-0.39, 0.29) is 12.2 Å². The molecule has 1 N–H and O–H groups in total. The molecule has 1 fully saturated rings. The summed E-state index contributed by atoms with van der Waals surface area (Å²) in [4.78, 5) is 39.5. The first-order valence-corrected chi connectivity index (χ1v) is 13.1. The van der Waals surface area contributed by atoms with Crippen molar-refractivity contribution >= 4 is 29.6 Å². The number of hydrogen-bond acceptors (Lipinski definition) is 7. The summed E-state index contributed by atoms with van der Waals surface area (Å²) in [6, 6.07) is 27.9. The monoisotopic (exact) mass is 564 g/mol. The number of nitrogens with zero attached hydrogens (tertiary/aromatic N) is 1. The van der Waals surface area contributed by atoms with Crippen molar-refractivity contribution in [3.63, 3.8) is 0 Å². The summed E-state index contributed by atoms with van der Waals surface area (Å²) in [5.74, 6) is 0.638. The van der Waals surface area contributed by atoms with Crippen LogP contribution in [0.15, 0.2) is 103 Å². The lowest BCUT2D eigenvalue weighted by molar-refractivity contribution is -0.122. The van der Waals surface area contributed by atoms with Gasteiger partial charge in [0.15, 0.2) is 11.5 Å². The highest BCUT2D eigenvalue weighted by Gasteiger charge is 2.37. The molecule has 0 atom stereocenters. The van der Waals surface area contributed by atoms with E-state index in [0.717, 1.165) is 16.0 Å². The zero-order valence-electron chi connectivity index (χ0n) is 23.0. The van der Waals surface area contributed by atoms with Crippen LogP contribution in [0.5, 0.6) is 23.0 Å². The molecule has 0 unspecified atom stereocenters. The van der Waals surface area contributed by atoms with E-state index in [2.05, 4.69) is 5.32 Å². The van der Waals surface area contributed by atoms with Crippen LogP contribution < -0.4 is 29.2 Å². The van der Waals surface area contributed by atoms with E-state index in [4.69, 9.17) is 18.9 Å². The number of hydrogen-bond donors (Lipinski definition) is 1. The van der Waals surface area contributed by atoms with E-state index in [1.807, 2.05) is 48.5 Å². The molecular weight excluding hydrogens is 536 g/mol. The molecule has 0 bridgehead atoms. The normalized spacial score (nSPS) is 14.0. The minimum atomic E-state index is -0.831. The van der Waals surface area contributed by atoms with Gasteiger partial charge in [-0.2, -0.15) is 0 Å². The number of nitrogens with one attached hydrogen (secondary N) is 1. The first-order valence-electron chi connectivity index (χ1n) is 13.1. The average molecular weight is 565 g/mol. The van der Waals surface area contributed by atoms with Crippen molar-refractivity contribution in [2.24, 2.45) is 0 Å². The maximum Gasteiger partial charge on any atom is 0.335 e. The van der Waals surface area contributed by atoms with Gasteiger partial charge in [0.05, 0.1) is 19.9 Å². The zero-order valence-corrected chi connectivity index (χ0v) is 23.0. The Morgan fingerprint density at radius 3 is 2.12 bits per heavy atom. The number of para-hydroxylation sites is 1. The third-order valence-electron chi connectivity index (χ3n) is 6.51. The van der Waals surface area contributed by atoms with Gasteiger partial charge in [-0.1, -0.05) is 54.6 Å². The zero-order chi connectivity index (χ0) is 29.5. The van der Waals surface area contributed by atoms with E-state index in [1.165, 1.54) is 13.2 Å². The Morgan fingerprint density at radius 2 is 1.38 bits per heavy atom. The largest absolute Gasteiger partial charge is 0.497 e. The van der Waals surface area contributed by atoms with Crippen LogP contribution in [0, 0.1) is 0 Å². The van der Waals surface area contributed by atoms with E-state index in [9.17, 15) is 14.4 Å². The number of urea groups is 1. The highest BCUT2D eigenvalue weighted by molar-refractivity contribution is 6.39. The number of rotatable bonds is 10. The van der Waals surface area contributed by atoms with Crippen molar-refractivity contribution < 1.29 is 33.3 Å². The molecule has 1 aliphatic rings. The van der Waals surface area contributed by atoms with Crippen molar-refractivity contribution in [1.82, 2.24) is 5.32 Å². The molecule has 42 heavy (non-hydrogen) atoms. The quantitative estimate of drug-likeness (QED) is 0.200. The minimum absolute atomic E-state index is 0.187. The lowest BCUT2D eigenvalue weighted by Crippen LogP contribution is -2.54. The Balaban J connectivity index is 1.33. The molecule has 1 aliphatic heterocycles. The number of anilines is 1. The Labute approximate surface area is 242 Å². The molecule has 4 aromatic carbocycles. The third-order valence-corrected chi connectivity index (χ3v) is 6.51. The first kappa shape index (κ1) is 28.0. The summed E-state index contributed by atoms with van der Waals surface area (Å²) >= 11 is 0. The number of amides is 4. The lowest BCUT2D eigenvalue weighted by atomic mass is 10.1. The van der Waals surface area contributed by atoms with Crippen molar-refractivity contribution in [1.29, 1.82) is 0 Å². The van der Waals surface area contributed by atoms with Gasteiger partial charge < -0.3 is 18.9 Å². The van der Waals surface area contributed by atoms with Crippen molar-refractivity contribution in [2.75, 3.05) is 19.1 Å². The van der Waals surface area contributed by atoms with Crippen LogP contribution in [0.4, 0.5) is 10.5 Å². The van der Waals surface area contributed by atoms with Crippen LogP contribution in [0.1, 0.15) is 16.7 Å². The minimum Gasteiger partial charge on any atom is -0.497 e. The summed E-state index contributed by atoms with van der Waals surface area (Å²) in [5, 5.41) is 2.23. The number of carbonyl (C=O) groups is 3. The molecule has 0 spiro atoms. The topological polar surface area (TPSA) is 103 Å². The fourth-order valence-corrected chi connectivity index (χ4v) is 4.33. The summed E-state index contributed by atoms with van der Waals surface area (Å²) in [6.45, 7) is 0.592. The number of barbiturate groups is 1. The maximum atomic E-state index is 13.3. The molecule has 1 saturated heterocycles. The van der Waals surface area contributed by atoms with Crippen LogP contribution in [0.2, 0.25) is 0 Å². The Kier molecular flexibility index (Phi) is 8.48. The first-order chi connectivity index (χ1) is 20.5. The third kappa shape index (κ3) is 6.26. The highest BCUT2D eigenvalue weighted by atomic mass is 16.5. The molecule has 4 aromatic rings. The lowest BCUT2D eigenvalue weighted by Gasteiger charge is -2.26. The number of methoxy groups -OCH3 is 2. The molecule has 0 radical (unpaired) electrons. The van der Waals surface area contributed by atoms with Gasteiger partial charge in [0.1, 0.15) is 30.3 Å². The molecule has 212 valence electrons. The molecule has 9 heteroatoms. The van der Waals surface area contributed by atoms with Gasteiger partial charge in [0.2, 0.25) is 0 Å². The highest BCUT2D eigenvalue weighted by Crippen LogP contribution is 2.31. The fraction of sp³-hybridized carbons (Fsp3) is 0.121. The second-order valence-electron chi connectivity index (χ2n) is 9.24. The summed E-state index contributed by atoms with van der Waals surface area (Å²) in [5.41, 5.74) is 2.45. The predicted molar refractivity (Wildman–Crippen MR) is 157 cm³/mol. The van der Waals surface area contributed by atoms with Gasteiger partial charge >= 0.3 is 6.03 Å². The van der Waals surface area contributed by atoms with Crippen molar-refractivity contribution in [3.05, 3.63) is 119 Å². The molecule has 1 heterocycles. The van der Waals surface area contributed by atoms with E-state index in [0.29, 0.717) is 40.9 Å². The Bertz CT molecular complexity index is 1630. The summed E-state index contributed by atoms with van der Waals surface area (Å²) in [6.07, 6.45) is 1.41. The Hall–Kier alpha value is -5.57. The summed E-state index contributed by atoms with van der Waals surface area (Å²) in [7, 11) is 3.09. The van der Waals surface area contributed by atoms with Gasteiger partial charge in [0, 0.05) is 5.56 Å². The molecule has 4 amide bonds. The van der Waals surface area contributed by atoms with Gasteiger partial charge in [0.25, 0.3) is 11.8 Å². The van der Waals surface area contributed by atoms with Crippen LogP contribution in [0.3, 0.4) is 0 Å². The van der Waals surface area contributed by atoms with E-state index < -0.39 is 17.8 Å². The predicted octanol–water partition coefficient (Wildman–Crippen LogP) is 5.53. The molecule has 0 aromatic heterocycles. The molecular formula is C33H28N2O7. The summed E-state index contributed by atoms with van der Waals surface area (Å²) < 4.78 is 22.7. The van der Waals surface area contributed by atoms with Crippen molar-refractivity contribution in [2.45, 2.75) is 13.2 Å². The molecule has 0 saturated carbocycles. The van der Waals surface area contributed by atoms with Crippen LogP contribution >= 0.6 is 0 Å². The fourth-order valence-electron chi connectivity index (χ4n) is 4.33.